The molecule has 0 aliphatic carbocycles. The van der Waals surface area contributed by atoms with Gasteiger partial charge in [-0.25, -0.2) is 4.79 Å². The van der Waals surface area contributed by atoms with Gasteiger partial charge >= 0.3 is 6.03 Å². The van der Waals surface area contributed by atoms with Crippen LogP contribution in [0.2, 0.25) is 0 Å². The van der Waals surface area contributed by atoms with Gasteiger partial charge in [-0.05, 0) is 34.4 Å². The molecule has 4 aromatic rings. The second kappa shape index (κ2) is 15.9. The fraction of sp³-hybridized carbons (Fsp3) is 0.324. The molecule has 0 radical (unpaired) electrons. The number of nitro groups is 1. The van der Waals surface area contributed by atoms with Crippen molar-refractivity contribution in [1.29, 1.82) is 0 Å². The van der Waals surface area contributed by atoms with E-state index in [0.717, 1.165) is 66.2 Å². The molecule has 11 nitrogen and oxygen atoms in total. The number of carbonyl (C=O) groups excluding carboxylic acids is 1. The van der Waals surface area contributed by atoms with E-state index >= 15 is 0 Å². The predicted octanol–water partition coefficient (Wildman–Crippen LogP) is 5.45. The van der Waals surface area contributed by atoms with E-state index in [-0.39, 0.29) is 35.5 Å². The van der Waals surface area contributed by atoms with Gasteiger partial charge in [-0.2, -0.15) is 0 Å². The van der Waals surface area contributed by atoms with Gasteiger partial charge in [-0.3, -0.25) is 15.0 Å². The summed E-state index contributed by atoms with van der Waals surface area (Å²) < 4.78 is 13.1. The molecular weight excluding hydrogens is 610 g/mol. The standard InChI is InChI=1S/C37H41N5O6/c43-26-29-8-10-30(11-9-29)35-22-34(25-40-18-20-41(21-19-40)32-14-16-33(17-15-32)42(45)46)47-36(48-35)31-12-6-28(7-13-31)24-39-37(44)38-23-27-4-2-1-3-5-27/h1-17,34-36,43H,18-26H2,(H2,38,39,44)/t34-,35+,36+/m0/s1. The highest BCUT2D eigenvalue weighted by atomic mass is 16.7. The van der Waals surface area contributed by atoms with Crippen molar-refractivity contribution >= 4 is 17.4 Å². The van der Waals surface area contributed by atoms with Crippen molar-refractivity contribution in [3.8, 4) is 0 Å². The highest BCUT2D eigenvalue weighted by molar-refractivity contribution is 5.73. The van der Waals surface area contributed by atoms with Crippen molar-refractivity contribution in [3.63, 3.8) is 0 Å². The molecule has 2 amide bonds. The summed E-state index contributed by atoms with van der Waals surface area (Å²) in [5, 5.41) is 26.4. The molecule has 6 rings (SSSR count). The maximum absolute atomic E-state index is 12.3. The van der Waals surface area contributed by atoms with Crippen LogP contribution in [0.25, 0.3) is 0 Å². The molecule has 0 saturated carbocycles. The number of carbonyl (C=O) groups is 1. The van der Waals surface area contributed by atoms with E-state index in [2.05, 4.69) is 20.4 Å². The van der Waals surface area contributed by atoms with Gasteiger partial charge in [-0.15, -0.1) is 0 Å². The monoisotopic (exact) mass is 651 g/mol. The number of anilines is 1. The number of amides is 2. The third-order valence-corrected chi connectivity index (χ3v) is 8.88. The molecule has 48 heavy (non-hydrogen) atoms. The van der Waals surface area contributed by atoms with Crippen LogP contribution < -0.4 is 15.5 Å². The van der Waals surface area contributed by atoms with E-state index < -0.39 is 6.29 Å². The molecule has 0 spiro atoms. The first kappa shape index (κ1) is 33.1. The fourth-order valence-corrected chi connectivity index (χ4v) is 6.11. The van der Waals surface area contributed by atoms with Gasteiger partial charge in [0.25, 0.3) is 5.69 Å². The average molecular weight is 652 g/mol. The summed E-state index contributed by atoms with van der Waals surface area (Å²) in [6.07, 6.45) is -0.134. The van der Waals surface area contributed by atoms with Crippen LogP contribution in [0.3, 0.4) is 0 Å². The van der Waals surface area contributed by atoms with Crippen LogP contribution >= 0.6 is 0 Å². The third kappa shape index (κ3) is 8.75. The van der Waals surface area contributed by atoms with E-state index in [1.807, 2.05) is 91.0 Å². The second-order valence-corrected chi connectivity index (χ2v) is 12.2. The molecule has 4 aromatic carbocycles. The molecule has 2 aliphatic heterocycles. The van der Waals surface area contributed by atoms with Crippen LogP contribution in [0.1, 0.15) is 46.6 Å². The number of rotatable bonds is 11. The number of ether oxygens (including phenoxy) is 2. The minimum absolute atomic E-state index is 0.0120. The Balaban J connectivity index is 1.06. The summed E-state index contributed by atoms with van der Waals surface area (Å²) in [5.74, 6) is 0. The smallest absolute Gasteiger partial charge is 0.315 e. The molecule has 2 aliphatic rings. The lowest BCUT2D eigenvalue weighted by Gasteiger charge is -2.41. The van der Waals surface area contributed by atoms with Crippen molar-refractivity contribution in [3.05, 3.63) is 141 Å². The van der Waals surface area contributed by atoms with Crippen molar-refractivity contribution in [2.75, 3.05) is 37.6 Å². The van der Waals surface area contributed by atoms with Crippen LogP contribution in [0.15, 0.2) is 103 Å². The van der Waals surface area contributed by atoms with Crippen molar-refractivity contribution < 1.29 is 24.3 Å². The molecule has 250 valence electrons. The van der Waals surface area contributed by atoms with Gasteiger partial charge in [0.1, 0.15) is 0 Å². The molecule has 2 saturated heterocycles. The summed E-state index contributed by atoms with van der Waals surface area (Å²) in [7, 11) is 0. The molecule has 0 aromatic heterocycles. The summed E-state index contributed by atoms with van der Waals surface area (Å²) >= 11 is 0. The quantitative estimate of drug-likeness (QED) is 0.144. The lowest BCUT2D eigenvalue weighted by molar-refractivity contribution is -0.384. The zero-order valence-corrected chi connectivity index (χ0v) is 26.7. The molecule has 3 N–H and O–H groups in total. The van der Waals surface area contributed by atoms with E-state index in [0.29, 0.717) is 19.5 Å². The highest BCUT2D eigenvalue weighted by Gasteiger charge is 2.34. The lowest BCUT2D eigenvalue weighted by Crippen LogP contribution is -2.49. The Morgan fingerprint density at radius 1 is 0.771 bits per heavy atom. The van der Waals surface area contributed by atoms with Crippen LogP contribution in [0.4, 0.5) is 16.2 Å². The van der Waals surface area contributed by atoms with Crippen LogP contribution in [0, 0.1) is 10.1 Å². The first-order chi connectivity index (χ1) is 23.4. The van der Waals surface area contributed by atoms with Gasteiger partial charge in [0, 0.05) is 75.6 Å². The zero-order valence-electron chi connectivity index (χ0n) is 26.7. The SMILES string of the molecule is O=C(NCc1ccccc1)NCc1ccc([C@@H]2O[C@H](CN3CCN(c4ccc([N+](=O)[O-])cc4)CC3)C[C@H](c3ccc(CO)cc3)O2)cc1. The van der Waals surface area contributed by atoms with Crippen LogP contribution in [0.5, 0.6) is 0 Å². The third-order valence-electron chi connectivity index (χ3n) is 8.88. The maximum atomic E-state index is 12.3. The number of hydrogen-bond acceptors (Lipinski definition) is 8. The summed E-state index contributed by atoms with van der Waals surface area (Å²) in [6.45, 7) is 4.91. The molecule has 0 unspecified atom stereocenters. The fourth-order valence-electron chi connectivity index (χ4n) is 6.11. The van der Waals surface area contributed by atoms with Crippen molar-refractivity contribution in [2.45, 2.75) is 44.6 Å². The number of piperazine rings is 1. The van der Waals surface area contributed by atoms with Crippen LogP contribution in [-0.4, -0.2) is 59.8 Å². The topological polar surface area (TPSA) is 129 Å². The molecule has 11 heteroatoms. The Kier molecular flexibility index (Phi) is 10.9. The number of benzene rings is 4. The number of aliphatic hydroxyl groups is 1. The average Bonchev–Trinajstić information content (AvgIpc) is 3.14. The van der Waals surface area contributed by atoms with Crippen molar-refractivity contribution in [1.82, 2.24) is 15.5 Å². The van der Waals surface area contributed by atoms with E-state index in [9.17, 15) is 20.0 Å². The summed E-state index contributed by atoms with van der Waals surface area (Å²) in [6, 6.07) is 32.1. The first-order valence-corrected chi connectivity index (χ1v) is 16.3. The van der Waals surface area contributed by atoms with Crippen molar-refractivity contribution in [2.24, 2.45) is 0 Å². The lowest BCUT2D eigenvalue weighted by atomic mass is 9.99. The Hall–Kier alpha value is -4.81. The first-order valence-electron chi connectivity index (χ1n) is 16.3. The van der Waals surface area contributed by atoms with Gasteiger partial charge < -0.3 is 30.1 Å². The zero-order chi connectivity index (χ0) is 33.3. The number of hydrogen-bond donors (Lipinski definition) is 3. The Morgan fingerprint density at radius 2 is 1.38 bits per heavy atom. The second-order valence-electron chi connectivity index (χ2n) is 12.2. The van der Waals surface area contributed by atoms with Gasteiger partial charge in [0.05, 0.1) is 23.7 Å². The minimum atomic E-state index is -0.566. The number of nitrogens with zero attached hydrogens (tertiary/aromatic N) is 3. The Bertz CT molecular complexity index is 1630. The van der Waals surface area contributed by atoms with Gasteiger partial charge in [-0.1, -0.05) is 78.9 Å². The van der Waals surface area contributed by atoms with Gasteiger partial charge in [0.2, 0.25) is 0 Å². The number of non-ortho nitro benzene ring substituents is 1. The highest BCUT2D eigenvalue weighted by Crippen LogP contribution is 2.38. The van der Waals surface area contributed by atoms with E-state index in [4.69, 9.17) is 9.47 Å². The number of nitrogens with one attached hydrogen (secondary N) is 2. The Labute approximate surface area is 280 Å². The molecule has 2 fully saturated rings. The molecule has 2 heterocycles. The normalized spacial score (nSPS) is 19.9. The van der Waals surface area contributed by atoms with E-state index in [1.54, 1.807) is 12.1 Å². The number of nitro benzene ring substituents is 1. The van der Waals surface area contributed by atoms with Gasteiger partial charge in [0.15, 0.2) is 6.29 Å². The molecule has 0 bridgehead atoms. The minimum Gasteiger partial charge on any atom is -0.392 e. The number of aliphatic hydroxyl groups excluding tert-OH is 1. The Morgan fingerprint density at radius 3 is 2.00 bits per heavy atom. The van der Waals surface area contributed by atoms with E-state index in [1.165, 1.54) is 0 Å². The molecule has 3 atom stereocenters. The number of urea groups is 1. The predicted molar refractivity (Wildman–Crippen MR) is 182 cm³/mol. The summed E-state index contributed by atoms with van der Waals surface area (Å²) in [4.78, 5) is 27.6. The maximum Gasteiger partial charge on any atom is 0.315 e. The van der Waals surface area contributed by atoms with Crippen LogP contribution in [-0.2, 0) is 29.2 Å². The largest absolute Gasteiger partial charge is 0.392 e. The summed E-state index contributed by atoms with van der Waals surface area (Å²) in [5.41, 5.74) is 5.87. The molecular formula is C37H41N5O6.